The summed E-state index contributed by atoms with van der Waals surface area (Å²) in [6.45, 7) is -0.209. The second-order valence-corrected chi connectivity index (χ2v) is 4.34. The number of nitrogens with one attached hydrogen (secondary N) is 2. The molecule has 1 amide bonds. The van der Waals surface area contributed by atoms with E-state index in [1.807, 2.05) is 0 Å². The molecule has 0 unspecified atom stereocenters. The van der Waals surface area contributed by atoms with E-state index in [-0.39, 0.29) is 17.9 Å². The fraction of sp³-hybridized carbons (Fsp3) is 0.0714. The van der Waals surface area contributed by atoms with E-state index in [1.54, 1.807) is 0 Å². The van der Waals surface area contributed by atoms with E-state index < -0.39 is 28.2 Å². The molecule has 0 fully saturated rings. The van der Waals surface area contributed by atoms with Crippen LogP contribution in [0.15, 0.2) is 42.5 Å². The van der Waals surface area contributed by atoms with Crippen LogP contribution in [0.3, 0.4) is 0 Å². The highest BCUT2D eigenvalue weighted by atomic mass is 19.1. The van der Waals surface area contributed by atoms with E-state index in [9.17, 15) is 23.7 Å². The number of halogens is 2. The van der Waals surface area contributed by atoms with Crippen LogP contribution in [0.5, 0.6) is 0 Å². The maximum Gasteiger partial charge on any atom is 0.306 e. The molecule has 0 bridgehead atoms. The van der Waals surface area contributed by atoms with Crippen molar-refractivity contribution in [2.24, 2.45) is 0 Å². The van der Waals surface area contributed by atoms with Crippen LogP contribution in [0, 0.1) is 21.7 Å². The summed E-state index contributed by atoms with van der Waals surface area (Å²) in [5.41, 5.74) is -0.171. The Balaban J connectivity index is 1.96. The lowest BCUT2D eigenvalue weighted by atomic mass is 10.2. The predicted molar refractivity (Wildman–Crippen MR) is 76.6 cm³/mol. The van der Waals surface area contributed by atoms with Gasteiger partial charge in [0.05, 0.1) is 11.5 Å². The number of anilines is 2. The van der Waals surface area contributed by atoms with Gasteiger partial charge < -0.3 is 10.6 Å². The fourth-order valence-electron chi connectivity index (χ4n) is 1.72. The summed E-state index contributed by atoms with van der Waals surface area (Å²) >= 11 is 0. The second kappa shape index (κ2) is 6.61. The zero-order valence-electron chi connectivity index (χ0n) is 11.2. The Morgan fingerprint density at radius 3 is 2.59 bits per heavy atom. The highest BCUT2D eigenvalue weighted by Crippen LogP contribution is 2.21. The Hall–Kier alpha value is -3.03. The predicted octanol–water partition coefficient (Wildman–Crippen LogP) is 2.92. The van der Waals surface area contributed by atoms with Crippen molar-refractivity contribution in [3.05, 3.63) is 64.2 Å². The number of nitro groups is 1. The normalized spacial score (nSPS) is 10.1. The first-order valence-electron chi connectivity index (χ1n) is 6.19. The van der Waals surface area contributed by atoms with Crippen LogP contribution in [0.25, 0.3) is 0 Å². The smallest absolute Gasteiger partial charge is 0.306 e. The molecular formula is C14H11F2N3O3. The van der Waals surface area contributed by atoms with Gasteiger partial charge in [-0.3, -0.25) is 14.9 Å². The number of nitro benzene ring substituents is 1. The van der Waals surface area contributed by atoms with Crippen LogP contribution in [-0.2, 0) is 4.79 Å². The van der Waals surface area contributed by atoms with Crippen LogP contribution in [0.4, 0.5) is 25.8 Å². The zero-order valence-corrected chi connectivity index (χ0v) is 11.2. The molecule has 0 saturated heterocycles. The van der Waals surface area contributed by atoms with Gasteiger partial charge in [0.15, 0.2) is 0 Å². The molecule has 0 aromatic heterocycles. The number of carbonyl (C=O) groups is 1. The highest BCUT2D eigenvalue weighted by molar-refractivity contribution is 5.93. The summed E-state index contributed by atoms with van der Waals surface area (Å²) in [7, 11) is 0. The first-order chi connectivity index (χ1) is 10.5. The Morgan fingerprint density at radius 1 is 1.14 bits per heavy atom. The van der Waals surface area contributed by atoms with E-state index in [1.165, 1.54) is 24.3 Å². The molecule has 2 aromatic rings. The molecule has 22 heavy (non-hydrogen) atoms. The Morgan fingerprint density at radius 2 is 1.91 bits per heavy atom. The third-order valence-electron chi connectivity index (χ3n) is 2.70. The largest absolute Gasteiger partial charge is 0.376 e. The molecule has 0 aliphatic heterocycles. The van der Waals surface area contributed by atoms with Crippen molar-refractivity contribution in [2.45, 2.75) is 0 Å². The standard InChI is InChI=1S/C14H11F2N3O3/c15-9-2-1-3-11(6-9)18-14(20)8-17-10-4-5-12(16)13(7-10)19(21)22/h1-7,17H,8H2,(H,18,20). The number of hydrogen-bond acceptors (Lipinski definition) is 4. The molecule has 0 aliphatic carbocycles. The maximum absolute atomic E-state index is 13.2. The average Bonchev–Trinajstić information content (AvgIpc) is 2.46. The van der Waals surface area contributed by atoms with Crippen LogP contribution in [-0.4, -0.2) is 17.4 Å². The minimum atomic E-state index is -0.959. The summed E-state index contributed by atoms with van der Waals surface area (Å²) in [5.74, 6) is -1.92. The first kappa shape index (κ1) is 15.4. The highest BCUT2D eigenvalue weighted by Gasteiger charge is 2.14. The molecule has 8 heteroatoms. The van der Waals surface area contributed by atoms with Crippen LogP contribution < -0.4 is 10.6 Å². The van der Waals surface area contributed by atoms with Gasteiger partial charge in [0.1, 0.15) is 5.82 Å². The number of benzene rings is 2. The average molecular weight is 307 g/mol. The molecular weight excluding hydrogens is 296 g/mol. The minimum Gasteiger partial charge on any atom is -0.376 e. The van der Waals surface area contributed by atoms with Gasteiger partial charge in [0, 0.05) is 17.4 Å². The molecule has 2 aromatic carbocycles. The lowest BCUT2D eigenvalue weighted by Gasteiger charge is -2.08. The van der Waals surface area contributed by atoms with Gasteiger partial charge >= 0.3 is 5.69 Å². The molecule has 2 rings (SSSR count). The number of nitrogens with zero attached hydrogens (tertiary/aromatic N) is 1. The SMILES string of the molecule is O=C(CNc1ccc(F)c([N+](=O)[O-])c1)Nc1cccc(F)c1. The third-order valence-corrected chi connectivity index (χ3v) is 2.70. The second-order valence-electron chi connectivity index (χ2n) is 4.34. The van der Waals surface area contributed by atoms with Gasteiger partial charge in [-0.2, -0.15) is 4.39 Å². The van der Waals surface area contributed by atoms with Crippen molar-refractivity contribution in [1.29, 1.82) is 0 Å². The van der Waals surface area contributed by atoms with Crippen LogP contribution >= 0.6 is 0 Å². The molecule has 0 spiro atoms. The van der Waals surface area contributed by atoms with E-state index in [2.05, 4.69) is 10.6 Å². The summed E-state index contributed by atoms with van der Waals surface area (Å²) in [6.07, 6.45) is 0. The Bertz CT molecular complexity index is 722. The Labute approximate surface area is 123 Å². The third kappa shape index (κ3) is 3.98. The van der Waals surface area contributed by atoms with Gasteiger partial charge in [0.2, 0.25) is 11.7 Å². The lowest BCUT2D eigenvalue weighted by Crippen LogP contribution is -2.21. The molecule has 0 radical (unpaired) electrons. The van der Waals surface area contributed by atoms with E-state index in [0.29, 0.717) is 0 Å². The van der Waals surface area contributed by atoms with Gasteiger partial charge in [-0.1, -0.05) is 6.07 Å². The summed E-state index contributed by atoms with van der Waals surface area (Å²) in [5, 5.41) is 15.7. The van der Waals surface area contributed by atoms with Crippen molar-refractivity contribution in [1.82, 2.24) is 0 Å². The number of carbonyl (C=O) groups excluding carboxylic acids is 1. The van der Waals surface area contributed by atoms with Crippen molar-refractivity contribution < 1.29 is 18.5 Å². The number of hydrogen-bond donors (Lipinski definition) is 2. The van der Waals surface area contributed by atoms with E-state index in [0.717, 1.165) is 18.2 Å². The quantitative estimate of drug-likeness (QED) is 0.657. The molecule has 6 nitrogen and oxygen atoms in total. The minimum absolute atomic E-state index is 0.209. The van der Waals surface area contributed by atoms with Crippen molar-refractivity contribution in [3.63, 3.8) is 0 Å². The summed E-state index contributed by atoms with van der Waals surface area (Å²) in [4.78, 5) is 21.4. The van der Waals surface area contributed by atoms with E-state index in [4.69, 9.17) is 0 Å². The molecule has 0 heterocycles. The van der Waals surface area contributed by atoms with Gasteiger partial charge in [-0.05, 0) is 30.3 Å². The molecule has 0 atom stereocenters. The Kier molecular flexibility index (Phi) is 4.62. The van der Waals surface area contributed by atoms with Crippen LogP contribution in [0.2, 0.25) is 0 Å². The molecule has 114 valence electrons. The lowest BCUT2D eigenvalue weighted by molar-refractivity contribution is -0.387. The summed E-state index contributed by atoms with van der Waals surface area (Å²) < 4.78 is 26.1. The van der Waals surface area contributed by atoms with E-state index >= 15 is 0 Å². The van der Waals surface area contributed by atoms with Crippen molar-refractivity contribution in [3.8, 4) is 0 Å². The van der Waals surface area contributed by atoms with Crippen LogP contribution in [0.1, 0.15) is 0 Å². The summed E-state index contributed by atoms with van der Waals surface area (Å²) in [6, 6.07) is 8.56. The first-order valence-corrected chi connectivity index (χ1v) is 6.19. The number of amides is 1. The fourth-order valence-corrected chi connectivity index (χ4v) is 1.72. The topological polar surface area (TPSA) is 84.3 Å². The maximum atomic E-state index is 13.2. The van der Waals surface area contributed by atoms with Crippen molar-refractivity contribution >= 4 is 23.0 Å². The number of rotatable bonds is 5. The van der Waals surface area contributed by atoms with Crippen molar-refractivity contribution in [2.75, 3.05) is 17.2 Å². The van der Waals surface area contributed by atoms with Gasteiger partial charge in [-0.25, -0.2) is 4.39 Å². The zero-order chi connectivity index (χ0) is 16.1. The molecule has 0 aliphatic rings. The monoisotopic (exact) mass is 307 g/mol. The van der Waals surface area contributed by atoms with Gasteiger partial charge in [-0.15, -0.1) is 0 Å². The molecule has 0 saturated carbocycles. The molecule has 2 N–H and O–H groups in total. The van der Waals surface area contributed by atoms with Gasteiger partial charge in [0.25, 0.3) is 0 Å².